The van der Waals surface area contributed by atoms with Gasteiger partial charge < -0.3 is 72.5 Å². The van der Waals surface area contributed by atoms with Gasteiger partial charge in [0.1, 0.15) is 43.7 Å². The zero-order valence-electron chi connectivity index (χ0n) is 52.8. The van der Waals surface area contributed by atoms with Gasteiger partial charge >= 0.3 is 17.9 Å². The maximum absolute atomic E-state index is 15.5. The SMILES string of the molecule is CON=C1C[C@@H](C)O[C@@H](O[C@@H]2[C@@H](C)[C@H](O[C@H]3CC(C)N(CCNC(=O)CN(C)C(C)C)C[C@H](C)O3)[C@@H](C)C(=O)O[C@H]([C@@H](C)CO[C@@H]3O[C@H](C)[C@@H](O)[C@@H](OC)[C@H]3OC)[C@H](C)[C@@H](OC(=O)CC(C)C)[C@@H](C)C(=O)[C@@](C)(OC(C)=O)C[C@@H]2C)[C@@H]1O. The van der Waals surface area contributed by atoms with Crippen molar-refractivity contribution in [1.29, 1.82) is 0 Å². The van der Waals surface area contributed by atoms with Gasteiger partial charge in [-0.15, -0.1) is 0 Å². The Bertz CT molecular complexity index is 2070. The first-order chi connectivity index (χ1) is 38.4. The number of ether oxygens (including phenoxy) is 11. The van der Waals surface area contributed by atoms with Gasteiger partial charge in [-0.05, 0) is 80.7 Å². The third-order valence-electron chi connectivity index (χ3n) is 16.8. The van der Waals surface area contributed by atoms with Crippen LogP contribution in [0.3, 0.4) is 0 Å². The van der Waals surface area contributed by atoms with Crippen LogP contribution in [0.4, 0.5) is 0 Å². The molecule has 82 heavy (non-hydrogen) atoms. The fourth-order valence-electron chi connectivity index (χ4n) is 12.1. The van der Waals surface area contributed by atoms with Gasteiger partial charge in [0.05, 0.1) is 61.2 Å². The van der Waals surface area contributed by atoms with E-state index >= 15 is 9.59 Å². The van der Waals surface area contributed by atoms with E-state index in [4.69, 9.17) is 56.9 Å². The summed E-state index contributed by atoms with van der Waals surface area (Å²) in [5.41, 5.74) is -1.60. The van der Waals surface area contributed by atoms with Gasteiger partial charge in [0, 0.05) is 89.9 Å². The lowest BCUT2D eigenvalue weighted by Crippen LogP contribution is -2.59. The number of oxime groups is 1. The summed E-state index contributed by atoms with van der Waals surface area (Å²) in [5, 5.41) is 29.9. The number of carbonyl (C=O) groups is 5. The topological polar surface area (TPSA) is 267 Å². The molecule has 0 spiro atoms. The highest BCUT2D eigenvalue weighted by Crippen LogP contribution is 2.40. The molecule has 22 atom stereocenters. The number of carbonyl (C=O) groups excluding carboxylic acids is 5. The van der Waals surface area contributed by atoms with E-state index in [1.807, 2.05) is 60.4 Å². The maximum Gasteiger partial charge on any atom is 0.311 e. The van der Waals surface area contributed by atoms with Gasteiger partial charge in [0.15, 0.2) is 30.3 Å². The van der Waals surface area contributed by atoms with Crippen molar-refractivity contribution in [3.8, 4) is 0 Å². The number of hydrogen-bond acceptors (Lipinski definition) is 22. The van der Waals surface area contributed by atoms with Crippen LogP contribution in [0.15, 0.2) is 5.16 Å². The van der Waals surface area contributed by atoms with Crippen molar-refractivity contribution < 1.29 is 91.1 Å². The third kappa shape index (κ3) is 19.3. The molecular weight excluding hydrogens is 1070 g/mol. The normalized spacial score (nSPS) is 38.6. The number of cyclic esters (lactones) is 1. The van der Waals surface area contributed by atoms with Crippen LogP contribution >= 0.6 is 0 Å². The standard InChI is InChI=1S/C59H104N4O19/c1-30(2)23-45(66)78-51-38(11)50(33(6)29-74-58-54(72-19)53(71-18)47(67)41(14)77-58)80-56(70)40(13)52(79-46-24-34(7)63(27-36(9)75-46)22-21-60-44(65)28-62(17)31(3)4)37(10)49(81-57-48(68)43(61-73-20)25-35(8)76-57)32(5)26-59(16,82-42(15)64)55(69)39(51)12/h30-41,46-54,57-58,67-68H,21-29H2,1-20H3,(H,60,65)/t32-,33-,34?,35+,36-,37+,38-,39+,40+,41+,46-,47+,48+,49-,50+,51+,52-,53+,54+,57-,58+,59-/m0/s1. The molecule has 4 fully saturated rings. The Morgan fingerprint density at radius 3 is 2.09 bits per heavy atom. The van der Waals surface area contributed by atoms with Gasteiger partial charge in [0.25, 0.3) is 0 Å². The molecule has 0 radical (unpaired) electrons. The van der Waals surface area contributed by atoms with Crippen molar-refractivity contribution in [1.82, 2.24) is 15.1 Å². The van der Waals surface area contributed by atoms with E-state index in [1.54, 1.807) is 41.5 Å². The van der Waals surface area contributed by atoms with Gasteiger partial charge in [0.2, 0.25) is 5.91 Å². The molecule has 23 heteroatoms. The monoisotopic (exact) mass is 1170 g/mol. The molecule has 0 aromatic rings. The van der Waals surface area contributed by atoms with Crippen LogP contribution in [0.5, 0.6) is 0 Å². The number of amides is 1. The summed E-state index contributed by atoms with van der Waals surface area (Å²) in [7, 11) is 6.18. The molecule has 4 aliphatic heterocycles. The zero-order chi connectivity index (χ0) is 61.7. The van der Waals surface area contributed by atoms with E-state index in [0.29, 0.717) is 26.1 Å². The first kappa shape index (κ1) is 71.0. The van der Waals surface area contributed by atoms with Crippen LogP contribution in [0, 0.1) is 41.4 Å². The molecule has 474 valence electrons. The number of hydrogen-bond donors (Lipinski definition) is 3. The molecule has 0 saturated carbocycles. The average molecular weight is 1170 g/mol. The largest absolute Gasteiger partial charge is 0.461 e. The van der Waals surface area contributed by atoms with E-state index in [-0.39, 0.29) is 68.1 Å². The molecule has 4 rings (SSSR count). The number of rotatable bonds is 21. The van der Waals surface area contributed by atoms with Gasteiger partial charge in [-0.25, -0.2) is 0 Å². The summed E-state index contributed by atoms with van der Waals surface area (Å²) in [6.45, 7) is 30.1. The highest BCUT2D eigenvalue weighted by Gasteiger charge is 2.52. The van der Waals surface area contributed by atoms with E-state index < -0.39 is 145 Å². The van der Waals surface area contributed by atoms with Crippen molar-refractivity contribution in [3.05, 3.63) is 0 Å². The Kier molecular flexibility index (Phi) is 28.0. The lowest BCUT2D eigenvalue weighted by Gasteiger charge is -2.45. The van der Waals surface area contributed by atoms with Gasteiger partial charge in [-0.1, -0.05) is 53.6 Å². The molecule has 3 N–H and O–H groups in total. The minimum Gasteiger partial charge on any atom is -0.461 e. The van der Waals surface area contributed by atoms with Crippen molar-refractivity contribution in [3.63, 3.8) is 0 Å². The number of methoxy groups -OCH3 is 2. The zero-order valence-corrected chi connectivity index (χ0v) is 52.8. The van der Waals surface area contributed by atoms with Crippen LogP contribution < -0.4 is 5.32 Å². The quantitative estimate of drug-likeness (QED) is 0.0801. The Morgan fingerprint density at radius 2 is 1.49 bits per heavy atom. The summed E-state index contributed by atoms with van der Waals surface area (Å²) >= 11 is 0. The van der Waals surface area contributed by atoms with E-state index in [2.05, 4.69) is 22.3 Å². The van der Waals surface area contributed by atoms with Crippen molar-refractivity contribution in [2.75, 3.05) is 61.2 Å². The molecule has 1 unspecified atom stereocenters. The third-order valence-corrected chi connectivity index (χ3v) is 16.8. The number of ketones is 1. The fraction of sp³-hybridized carbons (Fsp3) is 0.898. The first-order valence-electron chi connectivity index (χ1n) is 29.6. The van der Waals surface area contributed by atoms with E-state index in [9.17, 15) is 24.6 Å². The molecule has 0 aliphatic carbocycles. The molecule has 4 saturated heterocycles. The smallest absolute Gasteiger partial charge is 0.311 e. The molecule has 23 nitrogen and oxygen atoms in total. The Hall–Kier alpha value is -3.46. The number of nitrogens with one attached hydrogen (secondary N) is 1. The maximum atomic E-state index is 15.5. The number of aliphatic hydroxyl groups is 2. The summed E-state index contributed by atoms with van der Waals surface area (Å²) < 4.78 is 70.2. The molecule has 0 aromatic carbocycles. The average Bonchev–Trinajstić information content (AvgIpc) is 3.73. The van der Waals surface area contributed by atoms with Crippen molar-refractivity contribution >= 4 is 35.3 Å². The van der Waals surface area contributed by atoms with Crippen LogP contribution in [-0.2, 0) is 80.9 Å². The highest BCUT2D eigenvalue weighted by atomic mass is 16.7. The molecule has 1 amide bonds. The molecule has 4 aliphatic rings. The highest BCUT2D eigenvalue weighted by molar-refractivity contribution is 5.91. The second kappa shape index (κ2) is 32.3. The molecule has 0 aromatic heterocycles. The molecule has 0 bridgehead atoms. The van der Waals surface area contributed by atoms with E-state index in [0.717, 1.165) is 0 Å². The van der Waals surface area contributed by atoms with E-state index in [1.165, 1.54) is 35.2 Å². The summed E-state index contributed by atoms with van der Waals surface area (Å²) in [4.78, 5) is 80.3. The minimum absolute atomic E-state index is 0.0101. The fourth-order valence-corrected chi connectivity index (χ4v) is 12.1. The number of likely N-dealkylation sites (N-methyl/N-ethyl adjacent to an activating group) is 1. The number of Topliss-reactive ketones (excluding diaryl/α,β-unsaturated/α-hetero) is 1. The lowest BCUT2D eigenvalue weighted by atomic mass is 9.74. The molecule has 4 heterocycles. The Balaban J connectivity index is 1.90. The number of nitrogens with zero attached hydrogens (tertiary/aromatic N) is 3. The Labute approximate surface area is 488 Å². The first-order valence-corrected chi connectivity index (χ1v) is 29.6. The summed E-state index contributed by atoms with van der Waals surface area (Å²) in [6.07, 6.45) is -13.0. The summed E-state index contributed by atoms with van der Waals surface area (Å²) in [6, 6.07) is 0.0728. The van der Waals surface area contributed by atoms with Crippen molar-refractivity contribution in [2.45, 2.75) is 240 Å². The second-order valence-electron chi connectivity index (χ2n) is 24.8. The Morgan fingerprint density at radius 1 is 0.829 bits per heavy atom. The predicted octanol–water partition coefficient (Wildman–Crippen LogP) is 4.67. The number of aliphatic hydroxyl groups excluding tert-OH is 2. The minimum atomic E-state index is -1.88. The predicted molar refractivity (Wildman–Crippen MR) is 302 cm³/mol. The molecular formula is C59H104N4O19. The second-order valence-corrected chi connectivity index (χ2v) is 24.8. The van der Waals surface area contributed by atoms with Crippen LogP contribution in [-0.4, -0.2) is 220 Å². The van der Waals surface area contributed by atoms with Crippen LogP contribution in [0.2, 0.25) is 0 Å². The number of esters is 3. The van der Waals surface area contributed by atoms with Gasteiger partial charge in [-0.3, -0.25) is 33.8 Å². The summed E-state index contributed by atoms with van der Waals surface area (Å²) in [5.74, 6) is -8.22. The van der Waals surface area contributed by atoms with Crippen molar-refractivity contribution in [2.24, 2.45) is 46.6 Å². The van der Waals surface area contributed by atoms with Crippen LogP contribution in [0.1, 0.15) is 136 Å². The van der Waals surface area contributed by atoms with Gasteiger partial charge in [-0.2, -0.15) is 0 Å². The van der Waals surface area contributed by atoms with Crippen LogP contribution in [0.25, 0.3) is 0 Å². The lowest BCUT2D eigenvalue weighted by molar-refractivity contribution is -0.305.